The Kier molecular flexibility index (Phi) is 55.0. The smallest absolute Gasteiger partial charge is 0.309 e. The summed E-state index contributed by atoms with van der Waals surface area (Å²) in [4.78, 5) is 38.1. The lowest BCUT2D eigenvalue weighted by atomic mass is 10.1. The fourth-order valence-corrected chi connectivity index (χ4v) is 7.34. The molecule has 0 aromatic carbocycles. The van der Waals surface area contributed by atoms with Gasteiger partial charge in [0.25, 0.3) is 0 Å². The number of esters is 3. The Bertz CT molecular complexity index is 1610. The van der Waals surface area contributed by atoms with Gasteiger partial charge in [0.1, 0.15) is 13.2 Å². The van der Waals surface area contributed by atoms with Crippen LogP contribution in [0.25, 0.3) is 0 Å². The molecule has 0 spiro atoms. The molecule has 72 heavy (non-hydrogen) atoms. The van der Waals surface area contributed by atoms with Crippen molar-refractivity contribution in [3.63, 3.8) is 0 Å². The summed E-state index contributed by atoms with van der Waals surface area (Å²) in [6.07, 6.45) is 84.3. The molecule has 0 aromatic heterocycles. The number of allylic oxidation sites excluding steroid dienone is 23. The van der Waals surface area contributed by atoms with Gasteiger partial charge in [0.2, 0.25) is 0 Å². The molecule has 404 valence electrons. The van der Waals surface area contributed by atoms with Crippen LogP contribution in [-0.2, 0) is 28.6 Å². The number of hydrogen-bond donors (Lipinski definition) is 0. The number of ether oxygens (including phenoxy) is 3. The van der Waals surface area contributed by atoms with Crippen LogP contribution in [0.4, 0.5) is 0 Å². The van der Waals surface area contributed by atoms with E-state index >= 15 is 0 Å². The molecule has 0 N–H and O–H groups in total. The third-order valence-corrected chi connectivity index (χ3v) is 11.6. The highest BCUT2D eigenvalue weighted by molar-refractivity contribution is 5.72. The zero-order valence-electron chi connectivity index (χ0n) is 46.1. The normalized spacial score (nSPS) is 13.2. The van der Waals surface area contributed by atoms with Gasteiger partial charge in [-0.15, -0.1) is 0 Å². The van der Waals surface area contributed by atoms with Crippen molar-refractivity contribution in [2.45, 2.75) is 239 Å². The molecule has 0 heterocycles. The minimum Gasteiger partial charge on any atom is -0.462 e. The zero-order valence-corrected chi connectivity index (χ0v) is 46.1. The fourth-order valence-electron chi connectivity index (χ4n) is 7.34. The van der Waals surface area contributed by atoms with Gasteiger partial charge < -0.3 is 14.2 Å². The van der Waals surface area contributed by atoms with Crippen LogP contribution in [0.15, 0.2) is 146 Å². The highest BCUT2D eigenvalue weighted by Crippen LogP contribution is 2.13. The monoisotopic (exact) mass is 993 g/mol. The first-order valence-electron chi connectivity index (χ1n) is 28.8. The first kappa shape index (κ1) is 67.3. The molecule has 0 radical (unpaired) electrons. The highest BCUT2D eigenvalue weighted by Gasteiger charge is 2.19. The summed E-state index contributed by atoms with van der Waals surface area (Å²) < 4.78 is 16.7. The van der Waals surface area contributed by atoms with Crippen LogP contribution in [0.3, 0.4) is 0 Å². The minimum absolute atomic E-state index is 0.114. The van der Waals surface area contributed by atoms with Gasteiger partial charge in [-0.1, -0.05) is 237 Å². The summed E-state index contributed by atoms with van der Waals surface area (Å²) >= 11 is 0. The Balaban J connectivity index is 4.55. The number of unbranched alkanes of at least 4 members (excludes halogenated alkanes) is 16. The molecule has 0 aliphatic rings. The van der Waals surface area contributed by atoms with Crippen molar-refractivity contribution in [3.8, 4) is 0 Å². The van der Waals surface area contributed by atoms with Crippen molar-refractivity contribution in [2.24, 2.45) is 0 Å². The van der Waals surface area contributed by atoms with Gasteiger partial charge in [-0.2, -0.15) is 0 Å². The third kappa shape index (κ3) is 56.2. The lowest BCUT2D eigenvalue weighted by Crippen LogP contribution is -2.30. The van der Waals surface area contributed by atoms with Crippen LogP contribution in [0, 0.1) is 0 Å². The predicted molar refractivity (Wildman–Crippen MR) is 311 cm³/mol. The zero-order chi connectivity index (χ0) is 52.2. The molecule has 1 atom stereocenters. The first-order chi connectivity index (χ1) is 35.5. The van der Waals surface area contributed by atoms with E-state index in [-0.39, 0.29) is 38.0 Å². The summed E-state index contributed by atoms with van der Waals surface area (Å²) in [6, 6.07) is 0. The van der Waals surface area contributed by atoms with Crippen molar-refractivity contribution in [3.05, 3.63) is 146 Å². The molecule has 0 bridgehead atoms. The van der Waals surface area contributed by atoms with Crippen LogP contribution in [0.5, 0.6) is 0 Å². The fraction of sp³-hybridized carbons (Fsp3) is 0.591. The maximum atomic E-state index is 12.8. The average Bonchev–Trinajstić information content (AvgIpc) is 3.38. The number of hydrogen-bond acceptors (Lipinski definition) is 6. The molecule has 0 aromatic rings. The van der Waals surface area contributed by atoms with Gasteiger partial charge in [0.15, 0.2) is 6.10 Å². The van der Waals surface area contributed by atoms with E-state index in [1.54, 1.807) is 6.08 Å². The van der Waals surface area contributed by atoms with Crippen molar-refractivity contribution in [2.75, 3.05) is 13.2 Å². The van der Waals surface area contributed by atoms with Gasteiger partial charge in [-0.3, -0.25) is 14.4 Å². The lowest BCUT2D eigenvalue weighted by Gasteiger charge is -2.18. The van der Waals surface area contributed by atoms with Crippen molar-refractivity contribution < 1.29 is 28.6 Å². The predicted octanol–water partition coefficient (Wildman–Crippen LogP) is 19.6. The Morgan fingerprint density at radius 1 is 0.306 bits per heavy atom. The average molecular weight is 994 g/mol. The topological polar surface area (TPSA) is 78.9 Å². The van der Waals surface area contributed by atoms with Gasteiger partial charge in [-0.05, 0) is 122 Å². The summed E-state index contributed by atoms with van der Waals surface area (Å²) in [7, 11) is 0. The molecule has 0 aliphatic heterocycles. The molecule has 6 heteroatoms. The van der Waals surface area contributed by atoms with E-state index in [4.69, 9.17) is 14.2 Å². The summed E-state index contributed by atoms with van der Waals surface area (Å²) in [6.45, 7) is 6.28. The minimum atomic E-state index is -0.840. The van der Waals surface area contributed by atoms with Crippen LogP contribution in [0.1, 0.15) is 233 Å². The molecule has 0 aliphatic carbocycles. The molecular weight excluding hydrogens is 889 g/mol. The molecule has 0 fully saturated rings. The number of rotatable bonds is 50. The molecule has 0 saturated heterocycles. The first-order valence-corrected chi connectivity index (χ1v) is 28.8. The van der Waals surface area contributed by atoms with Crippen LogP contribution in [0.2, 0.25) is 0 Å². The van der Waals surface area contributed by atoms with E-state index in [9.17, 15) is 14.4 Å². The lowest BCUT2D eigenvalue weighted by molar-refractivity contribution is -0.166. The molecular formula is C66H104O6. The highest BCUT2D eigenvalue weighted by atomic mass is 16.6. The van der Waals surface area contributed by atoms with Gasteiger partial charge in [0, 0.05) is 12.8 Å². The maximum absolute atomic E-state index is 12.8. The molecule has 0 saturated carbocycles. The number of carbonyl (C=O) groups excluding carboxylic acids is 3. The second-order valence-corrected chi connectivity index (χ2v) is 18.4. The van der Waals surface area contributed by atoms with Crippen molar-refractivity contribution >= 4 is 17.9 Å². The third-order valence-electron chi connectivity index (χ3n) is 11.6. The van der Waals surface area contributed by atoms with Crippen LogP contribution >= 0.6 is 0 Å². The standard InChI is InChI=1S/C66H104O6/c1-4-7-10-13-16-19-22-25-28-30-31-32-33-34-35-36-39-41-44-47-50-53-56-59-65(68)71-62-63(61-70-64(67)58-55-52-49-46-43-40-37-27-24-21-18-15-12-9-6-3)72-66(69)60-57-54-51-48-45-42-38-29-26-23-20-17-14-11-8-5-2/h7,9-10,12,16,18-19,21,25,27-29,31-32,34-35,37-39,41,43,46,52,55,63H,4-6,8,11,13-15,17,20,22-24,26,30,33,36,40,42,44-45,47-51,53-54,56-62H2,1-3H3/b10-7-,12-9-,19-16-,21-18-,28-25-,32-31-,35-34-,37-27-,38-29-,41-39-,46-43-,55-52-. The van der Waals surface area contributed by atoms with E-state index in [0.717, 1.165) is 135 Å². The van der Waals surface area contributed by atoms with Gasteiger partial charge in [-0.25, -0.2) is 0 Å². The molecule has 6 nitrogen and oxygen atoms in total. The maximum Gasteiger partial charge on any atom is 0.309 e. The molecule has 0 rings (SSSR count). The second-order valence-electron chi connectivity index (χ2n) is 18.4. The summed E-state index contributed by atoms with van der Waals surface area (Å²) in [5.74, 6) is -1.10. The van der Waals surface area contributed by atoms with E-state index in [0.29, 0.717) is 6.42 Å². The Labute approximate surface area is 442 Å². The largest absolute Gasteiger partial charge is 0.462 e. The van der Waals surface area contributed by atoms with Gasteiger partial charge in [0.05, 0.1) is 6.42 Å². The molecule has 1 unspecified atom stereocenters. The second kappa shape index (κ2) is 58.9. The number of carbonyl (C=O) groups is 3. The Hall–Kier alpha value is -4.71. The Morgan fingerprint density at radius 3 is 0.986 bits per heavy atom. The molecule has 0 amide bonds. The van der Waals surface area contributed by atoms with E-state index in [2.05, 4.69) is 154 Å². The summed E-state index contributed by atoms with van der Waals surface area (Å²) in [5, 5.41) is 0. The van der Waals surface area contributed by atoms with E-state index < -0.39 is 12.1 Å². The van der Waals surface area contributed by atoms with Crippen molar-refractivity contribution in [1.29, 1.82) is 0 Å². The van der Waals surface area contributed by atoms with Crippen molar-refractivity contribution in [1.82, 2.24) is 0 Å². The van der Waals surface area contributed by atoms with Crippen LogP contribution in [-0.4, -0.2) is 37.2 Å². The van der Waals surface area contributed by atoms with E-state index in [1.807, 2.05) is 6.08 Å². The quantitative estimate of drug-likeness (QED) is 0.0261. The van der Waals surface area contributed by atoms with Crippen LogP contribution < -0.4 is 0 Å². The van der Waals surface area contributed by atoms with E-state index in [1.165, 1.54) is 57.8 Å². The van der Waals surface area contributed by atoms with Gasteiger partial charge >= 0.3 is 17.9 Å². The Morgan fingerprint density at radius 2 is 0.597 bits per heavy atom. The summed E-state index contributed by atoms with van der Waals surface area (Å²) in [5.41, 5.74) is 0. The SMILES string of the molecule is CC/C=C\C/C=C\C/C=C\C/C=C\C/C=C\C/C=C\CCCCCCC(=O)OCC(COC(=O)C/C=C\C/C=C\C/C=C\C/C=C\C/C=C\CC)OC(=O)CCCCCCC/C=C\CCCCCCCCC.